The van der Waals surface area contributed by atoms with Crippen LogP contribution >= 0.6 is 0 Å². The summed E-state index contributed by atoms with van der Waals surface area (Å²) in [7, 11) is 0. The molecule has 2 rings (SSSR count). The standard InChI is InChI=1S/C16H26O2/c1-11(2)14(17)18-16(5)13-9-7-6-8-12(13)10-15(16,3)4/h12-13H,1,6-10H2,2-5H3. The molecule has 2 nitrogen and oxygen atoms in total. The summed E-state index contributed by atoms with van der Waals surface area (Å²) in [6, 6.07) is 0. The lowest BCUT2D eigenvalue weighted by atomic mass is 9.72. The number of carbonyl (C=O) groups is 1. The Morgan fingerprint density at radius 2 is 1.83 bits per heavy atom. The molecule has 0 radical (unpaired) electrons. The van der Waals surface area contributed by atoms with Gasteiger partial charge in [-0.15, -0.1) is 0 Å². The van der Waals surface area contributed by atoms with Gasteiger partial charge in [0, 0.05) is 16.9 Å². The number of hydrogen-bond acceptors (Lipinski definition) is 2. The van der Waals surface area contributed by atoms with E-state index >= 15 is 0 Å². The lowest BCUT2D eigenvalue weighted by Gasteiger charge is -2.43. The number of carbonyl (C=O) groups excluding carboxylic acids is 1. The molecule has 0 saturated heterocycles. The van der Waals surface area contributed by atoms with Gasteiger partial charge < -0.3 is 4.74 Å². The molecule has 0 heterocycles. The van der Waals surface area contributed by atoms with E-state index < -0.39 is 0 Å². The number of rotatable bonds is 2. The highest BCUT2D eigenvalue weighted by Gasteiger charge is 2.59. The van der Waals surface area contributed by atoms with Gasteiger partial charge in [0.05, 0.1) is 0 Å². The van der Waals surface area contributed by atoms with E-state index in [1.807, 2.05) is 0 Å². The van der Waals surface area contributed by atoms with Gasteiger partial charge in [0.1, 0.15) is 5.60 Å². The van der Waals surface area contributed by atoms with Gasteiger partial charge in [-0.1, -0.05) is 39.7 Å². The van der Waals surface area contributed by atoms with Crippen LogP contribution in [-0.2, 0) is 9.53 Å². The van der Waals surface area contributed by atoms with Crippen molar-refractivity contribution in [2.75, 3.05) is 0 Å². The van der Waals surface area contributed by atoms with Crippen molar-refractivity contribution in [2.45, 2.75) is 65.4 Å². The predicted molar refractivity (Wildman–Crippen MR) is 73.2 cm³/mol. The molecule has 0 spiro atoms. The van der Waals surface area contributed by atoms with Crippen molar-refractivity contribution >= 4 is 5.97 Å². The molecule has 0 aromatic heterocycles. The molecule has 2 fully saturated rings. The van der Waals surface area contributed by atoms with Gasteiger partial charge in [-0.05, 0) is 32.6 Å². The van der Waals surface area contributed by atoms with Crippen LogP contribution in [0.2, 0.25) is 0 Å². The maximum Gasteiger partial charge on any atom is 0.333 e. The Hall–Kier alpha value is -0.790. The highest BCUT2D eigenvalue weighted by Crippen LogP contribution is 2.59. The van der Waals surface area contributed by atoms with Crippen molar-refractivity contribution < 1.29 is 9.53 Å². The zero-order chi connectivity index (χ0) is 13.6. The van der Waals surface area contributed by atoms with Crippen molar-refractivity contribution in [3.05, 3.63) is 12.2 Å². The first-order valence-corrected chi connectivity index (χ1v) is 7.17. The minimum Gasteiger partial charge on any atom is -0.455 e. The van der Waals surface area contributed by atoms with Crippen LogP contribution in [0.15, 0.2) is 12.2 Å². The van der Waals surface area contributed by atoms with Gasteiger partial charge in [-0.3, -0.25) is 0 Å². The number of ether oxygens (including phenoxy) is 1. The van der Waals surface area contributed by atoms with Crippen LogP contribution < -0.4 is 0 Å². The molecule has 2 aliphatic carbocycles. The third-order valence-corrected chi connectivity index (χ3v) is 5.39. The number of esters is 1. The molecule has 0 amide bonds. The van der Waals surface area contributed by atoms with E-state index in [9.17, 15) is 4.79 Å². The fourth-order valence-electron chi connectivity index (χ4n) is 4.03. The summed E-state index contributed by atoms with van der Waals surface area (Å²) in [6.45, 7) is 12.1. The summed E-state index contributed by atoms with van der Waals surface area (Å²) in [4.78, 5) is 11.9. The second-order valence-electron chi connectivity index (χ2n) is 7.02. The van der Waals surface area contributed by atoms with Crippen LogP contribution in [-0.4, -0.2) is 11.6 Å². The molecule has 2 saturated carbocycles. The first-order chi connectivity index (χ1) is 8.28. The van der Waals surface area contributed by atoms with E-state index in [0.29, 0.717) is 11.5 Å². The average Bonchev–Trinajstić information content (AvgIpc) is 2.47. The summed E-state index contributed by atoms with van der Waals surface area (Å²) in [5.74, 6) is 1.04. The van der Waals surface area contributed by atoms with E-state index in [2.05, 4.69) is 27.4 Å². The molecule has 2 aliphatic rings. The molecule has 102 valence electrons. The third-order valence-electron chi connectivity index (χ3n) is 5.39. The van der Waals surface area contributed by atoms with Crippen molar-refractivity contribution in [2.24, 2.45) is 17.3 Å². The molecule has 2 heteroatoms. The van der Waals surface area contributed by atoms with Gasteiger partial charge >= 0.3 is 5.97 Å². The molecular formula is C16H26O2. The summed E-state index contributed by atoms with van der Waals surface area (Å²) in [5.41, 5.74) is 0.248. The van der Waals surface area contributed by atoms with Crippen molar-refractivity contribution in [3.63, 3.8) is 0 Å². The Labute approximate surface area is 111 Å². The quantitative estimate of drug-likeness (QED) is 0.545. The number of fused-ring (bicyclic) bond motifs is 1. The van der Waals surface area contributed by atoms with Crippen LogP contribution in [0.4, 0.5) is 0 Å². The van der Waals surface area contributed by atoms with Gasteiger partial charge in [0.25, 0.3) is 0 Å². The maximum absolute atomic E-state index is 11.9. The van der Waals surface area contributed by atoms with E-state index in [0.717, 1.165) is 5.92 Å². The lowest BCUT2D eigenvalue weighted by molar-refractivity contribution is -0.170. The van der Waals surface area contributed by atoms with E-state index in [1.165, 1.54) is 32.1 Å². The molecule has 0 N–H and O–H groups in total. The van der Waals surface area contributed by atoms with Crippen molar-refractivity contribution in [1.82, 2.24) is 0 Å². The van der Waals surface area contributed by atoms with Gasteiger partial charge in [-0.2, -0.15) is 0 Å². The fourth-order valence-corrected chi connectivity index (χ4v) is 4.03. The zero-order valence-electron chi connectivity index (χ0n) is 12.2. The molecule has 3 atom stereocenters. The van der Waals surface area contributed by atoms with Gasteiger partial charge in [0.15, 0.2) is 0 Å². The van der Waals surface area contributed by atoms with E-state index in [-0.39, 0.29) is 17.0 Å². The van der Waals surface area contributed by atoms with Crippen molar-refractivity contribution in [1.29, 1.82) is 0 Å². The van der Waals surface area contributed by atoms with E-state index in [1.54, 1.807) is 6.92 Å². The molecule has 0 bridgehead atoms. The Morgan fingerprint density at radius 3 is 2.44 bits per heavy atom. The Morgan fingerprint density at radius 1 is 1.22 bits per heavy atom. The Balaban J connectivity index is 2.26. The highest BCUT2D eigenvalue weighted by molar-refractivity contribution is 5.87. The lowest BCUT2D eigenvalue weighted by Crippen LogP contribution is -2.47. The SMILES string of the molecule is C=C(C)C(=O)OC1(C)C2CCCCC2CC1(C)C. The molecule has 3 unspecified atom stereocenters. The molecule has 0 aromatic rings. The van der Waals surface area contributed by atoms with Crippen LogP contribution in [0.1, 0.15) is 59.8 Å². The zero-order valence-corrected chi connectivity index (χ0v) is 12.2. The molecule has 0 aromatic carbocycles. The van der Waals surface area contributed by atoms with Gasteiger partial charge in [0.2, 0.25) is 0 Å². The van der Waals surface area contributed by atoms with Crippen LogP contribution in [0.5, 0.6) is 0 Å². The van der Waals surface area contributed by atoms with Gasteiger partial charge in [-0.25, -0.2) is 4.79 Å². The molecular weight excluding hydrogens is 224 g/mol. The molecule has 0 aliphatic heterocycles. The summed E-state index contributed by atoms with van der Waals surface area (Å²) >= 11 is 0. The van der Waals surface area contributed by atoms with Crippen molar-refractivity contribution in [3.8, 4) is 0 Å². The Bertz CT molecular complexity index is 369. The fraction of sp³-hybridized carbons (Fsp3) is 0.812. The maximum atomic E-state index is 11.9. The van der Waals surface area contributed by atoms with E-state index in [4.69, 9.17) is 4.74 Å². The number of hydrogen-bond donors (Lipinski definition) is 0. The predicted octanol–water partition coefficient (Wildman–Crippen LogP) is 4.10. The topological polar surface area (TPSA) is 26.3 Å². The first-order valence-electron chi connectivity index (χ1n) is 7.17. The third kappa shape index (κ3) is 2.00. The molecule has 18 heavy (non-hydrogen) atoms. The summed E-state index contributed by atoms with van der Waals surface area (Å²) in [6.07, 6.45) is 6.29. The minimum absolute atomic E-state index is 0.0672. The first kappa shape index (κ1) is 13.6. The smallest absolute Gasteiger partial charge is 0.333 e. The monoisotopic (exact) mass is 250 g/mol. The highest BCUT2D eigenvalue weighted by atomic mass is 16.6. The Kier molecular flexibility index (Phi) is 3.33. The summed E-state index contributed by atoms with van der Waals surface area (Å²) < 4.78 is 5.91. The second-order valence-corrected chi connectivity index (χ2v) is 7.02. The summed E-state index contributed by atoms with van der Waals surface area (Å²) in [5, 5.41) is 0. The second kappa shape index (κ2) is 4.40. The minimum atomic E-state index is -0.325. The average molecular weight is 250 g/mol. The van der Waals surface area contributed by atoms with Crippen LogP contribution in [0.25, 0.3) is 0 Å². The largest absolute Gasteiger partial charge is 0.455 e. The van der Waals surface area contributed by atoms with Crippen LogP contribution in [0.3, 0.4) is 0 Å². The normalized spacial score (nSPS) is 38.0. The van der Waals surface area contributed by atoms with Crippen LogP contribution in [0, 0.1) is 17.3 Å².